The molecule has 110 valence electrons. The van der Waals surface area contributed by atoms with Gasteiger partial charge in [0.2, 0.25) is 5.91 Å². The molecule has 7 nitrogen and oxygen atoms in total. The molecule has 0 aliphatic heterocycles. The maximum absolute atomic E-state index is 11.9. The number of hydrogen-bond acceptors (Lipinski definition) is 6. The molecular weight excluding hydrogens is 278 g/mol. The predicted octanol–water partition coefficient (Wildman–Crippen LogP) is 0.190. The summed E-state index contributed by atoms with van der Waals surface area (Å²) in [6, 6.07) is 0.345. The Kier molecular flexibility index (Phi) is 4.43. The second-order valence-electron chi connectivity index (χ2n) is 4.95. The van der Waals surface area contributed by atoms with Crippen LogP contribution in [0.4, 0.5) is 10.9 Å². The minimum absolute atomic E-state index is 0.0287. The molecule has 1 saturated carbocycles. The fraction of sp³-hybridized carbons (Fsp3) is 0.583. The number of rotatable bonds is 6. The zero-order valence-corrected chi connectivity index (χ0v) is 12.4. The first kappa shape index (κ1) is 14.6. The molecule has 2 rings (SSSR count). The Labute approximate surface area is 121 Å². The monoisotopic (exact) mass is 297 g/mol. The van der Waals surface area contributed by atoms with E-state index in [1.165, 1.54) is 11.3 Å². The third kappa shape index (κ3) is 3.83. The van der Waals surface area contributed by atoms with Crippen LogP contribution in [0.5, 0.6) is 0 Å². The van der Waals surface area contributed by atoms with Crippen molar-refractivity contribution in [3.05, 3.63) is 4.88 Å². The Hall–Kier alpha value is -1.83. The van der Waals surface area contributed by atoms with E-state index in [0.29, 0.717) is 22.6 Å². The summed E-state index contributed by atoms with van der Waals surface area (Å²) in [5.74, 6) is -0.0926. The highest BCUT2D eigenvalue weighted by Crippen LogP contribution is 2.26. The van der Waals surface area contributed by atoms with Crippen LogP contribution in [-0.4, -0.2) is 43.5 Å². The first-order chi connectivity index (χ1) is 9.47. The average molecular weight is 297 g/mol. The second kappa shape index (κ2) is 6.08. The number of carbonyl (C=O) groups excluding carboxylic acids is 2. The van der Waals surface area contributed by atoms with Gasteiger partial charge >= 0.3 is 0 Å². The lowest BCUT2D eigenvalue weighted by molar-refractivity contribution is -0.121. The molecule has 0 unspecified atom stereocenters. The molecule has 1 aromatic rings. The zero-order chi connectivity index (χ0) is 14.7. The summed E-state index contributed by atoms with van der Waals surface area (Å²) in [7, 11) is 3.67. The van der Waals surface area contributed by atoms with Gasteiger partial charge in [0.25, 0.3) is 5.91 Å². The van der Waals surface area contributed by atoms with Crippen molar-refractivity contribution in [2.45, 2.75) is 25.3 Å². The number of nitrogens with two attached hydrogens (primary N) is 1. The van der Waals surface area contributed by atoms with Crippen LogP contribution in [0.2, 0.25) is 0 Å². The van der Waals surface area contributed by atoms with Crippen molar-refractivity contribution in [1.82, 2.24) is 15.6 Å². The molecule has 0 aromatic carbocycles. The van der Waals surface area contributed by atoms with Gasteiger partial charge in [0.1, 0.15) is 10.7 Å². The fourth-order valence-electron chi connectivity index (χ4n) is 1.57. The number of carbonyl (C=O) groups is 2. The Morgan fingerprint density at radius 2 is 2.15 bits per heavy atom. The molecule has 0 radical (unpaired) electrons. The summed E-state index contributed by atoms with van der Waals surface area (Å²) in [6.07, 6.45) is 2.40. The van der Waals surface area contributed by atoms with Crippen LogP contribution in [0, 0.1) is 0 Å². The lowest BCUT2D eigenvalue weighted by atomic mass is 10.3. The Bertz CT molecular complexity index is 510. The number of amides is 2. The van der Waals surface area contributed by atoms with Crippen molar-refractivity contribution in [1.29, 1.82) is 0 Å². The van der Waals surface area contributed by atoms with E-state index in [1.807, 2.05) is 14.1 Å². The standard InChI is InChI=1S/C12H19N5O2S/c1-17(2)12-16-10(13)9(20-12)11(19)14-6-5-8(18)15-7-3-4-7/h7H,3-6,13H2,1-2H3,(H,14,19)(H,15,18). The summed E-state index contributed by atoms with van der Waals surface area (Å²) >= 11 is 1.23. The van der Waals surface area contributed by atoms with Crippen molar-refractivity contribution >= 4 is 34.1 Å². The smallest absolute Gasteiger partial charge is 0.265 e. The highest BCUT2D eigenvalue weighted by Gasteiger charge is 2.23. The van der Waals surface area contributed by atoms with Crippen molar-refractivity contribution in [2.24, 2.45) is 0 Å². The molecule has 0 bridgehead atoms. The SMILES string of the molecule is CN(C)c1nc(N)c(C(=O)NCCC(=O)NC2CC2)s1. The Morgan fingerprint density at radius 1 is 1.45 bits per heavy atom. The molecule has 0 atom stereocenters. The van der Waals surface area contributed by atoms with Crippen LogP contribution in [0.3, 0.4) is 0 Å². The topological polar surface area (TPSA) is 100 Å². The molecule has 1 aliphatic carbocycles. The van der Waals surface area contributed by atoms with Gasteiger partial charge in [-0.1, -0.05) is 11.3 Å². The molecule has 0 spiro atoms. The van der Waals surface area contributed by atoms with Crippen LogP contribution in [0.1, 0.15) is 28.9 Å². The lowest BCUT2D eigenvalue weighted by Crippen LogP contribution is -2.31. The average Bonchev–Trinajstić information content (AvgIpc) is 3.08. The highest BCUT2D eigenvalue weighted by molar-refractivity contribution is 7.18. The summed E-state index contributed by atoms with van der Waals surface area (Å²) in [5.41, 5.74) is 5.72. The third-order valence-electron chi connectivity index (χ3n) is 2.81. The van der Waals surface area contributed by atoms with Gasteiger partial charge in [0.05, 0.1) is 0 Å². The summed E-state index contributed by atoms with van der Waals surface area (Å²) in [6.45, 7) is 0.298. The number of anilines is 2. The zero-order valence-electron chi connectivity index (χ0n) is 11.6. The van der Waals surface area contributed by atoms with E-state index in [9.17, 15) is 9.59 Å². The normalized spacial score (nSPS) is 13.9. The number of thiazole rings is 1. The minimum Gasteiger partial charge on any atom is -0.382 e. The van der Waals surface area contributed by atoms with Crippen LogP contribution in [0.25, 0.3) is 0 Å². The van der Waals surface area contributed by atoms with Crippen molar-refractivity contribution in [3.8, 4) is 0 Å². The van der Waals surface area contributed by atoms with Crippen LogP contribution >= 0.6 is 11.3 Å². The number of hydrogen-bond donors (Lipinski definition) is 3. The summed E-state index contributed by atoms with van der Waals surface area (Å²) < 4.78 is 0. The van der Waals surface area contributed by atoms with Gasteiger partial charge < -0.3 is 21.3 Å². The third-order valence-corrected chi connectivity index (χ3v) is 4.05. The van der Waals surface area contributed by atoms with E-state index in [0.717, 1.165) is 12.8 Å². The Morgan fingerprint density at radius 3 is 2.70 bits per heavy atom. The molecule has 1 aliphatic rings. The quantitative estimate of drug-likeness (QED) is 0.696. The molecule has 8 heteroatoms. The van der Waals surface area contributed by atoms with E-state index in [-0.39, 0.29) is 24.1 Å². The predicted molar refractivity (Wildman–Crippen MR) is 79.0 cm³/mol. The molecular formula is C12H19N5O2S. The minimum atomic E-state index is -0.285. The summed E-state index contributed by atoms with van der Waals surface area (Å²) in [5, 5.41) is 6.23. The number of nitrogens with zero attached hydrogens (tertiary/aromatic N) is 2. The van der Waals surface area contributed by atoms with Crippen LogP contribution < -0.4 is 21.3 Å². The van der Waals surface area contributed by atoms with Gasteiger partial charge in [-0.3, -0.25) is 9.59 Å². The summed E-state index contributed by atoms with van der Waals surface area (Å²) in [4.78, 5) is 29.7. The van der Waals surface area contributed by atoms with Crippen LogP contribution in [-0.2, 0) is 4.79 Å². The van der Waals surface area contributed by atoms with Gasteiger partial charge in [-0.2, -0.15) is 0 Å². The van der Waals surface area contributed by atoms with Crippen molar-refractivity contribution in [2.75, 3.05) is 31.3 Å². The second-order valence-corrected chi connectivity index (χ2v) is 5.93. The van der Waals surface area contributed by atoms with Gasteiger partial charge in [-0.15, -0.1) is 0 Å². The highest BCUT2D eigenvalue weighted by atomic mass is 32.1. The largest absolute Gasteiger partial charge is 0.382 e. The Balaban J connectivity index is 1.80. The van der Waals surface area contributed by atoms with Gasteiger partial charge in [-0.05, 0) is 12.8 Å². The maximum atomic E-state index is 11.9. The number of nitrogens with one attached hydrogen (secondary N) is 2. The van der Waals surface area contributed by atoms with E-state index in [1.54, 1.807) is 4.90 Å². The van der Waals surface area contributed by atoms with Crippen LogP contribution in [0.15, 0.2) is 0 Å². The van der Waals surface area contributed by atoms with Gasteiger partial charge in [0.15, 0.2) is 5.13 Å². The lowest BCUT2D eigenvalue weighted by Gasteiger charge is -2.05. The molecule has 4 N–H and O–H groups in total. The molecule has 1 heterocycles. The van der Waals surface area contributed by atoms with Crippen molar-refractivity contribution in [3.63, 3.8) is 0 Å². The number of nitrogen functional groups attached to an aromatic ring is 1. The fourth-order valence-corrected chi connectivity index (χ4v) is 2.40. The van der Waals surface area contributed by atoms with E-state index < -0.39 is 0 Å². The van der Waals surface area contributed by atoms with Gasteiger partial charge in [0, 0.05) is 33.1 Å². The first-order valence-electron chi connectivity index (χ1n) is 6.48. The van der Waals surface area contributed by atoms with Crippen molar-refractivity contribution < 1.29 is 9.59 Å². The molecule has 1 aromatic heterocycles. The molecule has 0 saturated heterocycles. The van der Waals surface area contributed by atoms with Gasteiger partial charge in [-0.25, -0.2) is 4.98 Å². The van der Waals surface area contributed by atoms with E-state index in [4.69, 9.17) is 5.73 Å². The molecule has 2 amide bonds. The molecule has 1 fully saturated rings. The van der Waals surface area contributed by atoms with E-state index >= 15 is 0 Å². The van der Waals surface area contributed by atoms with E-state index in [2.05, 4.69) is 15.6 Å². The molecule has 20 heavy (non-hydrogen) atoms. The maximum Gasteiger partial charge on any atom is 0.265 e. The number of aromatic nitrogens is 1. The first-order valence-corrected chi connectivity index (χ1v) is 7.30.